The number of halogens is 2. The van der Waals surface area contributed by atoms with Gasteiger partial charge in [0.1, 0.15) is 0 Å². The van der Waals surface area contributed by atoms with Gasteiger partial charge in [0.2, 0.25) is 20.0 Å². The molecule has 0 amide bonds. The molecule has 0 unspecified atom stereocenters. The lowest BCUT2D eigenvalue weighted by atomic mass is 10.1. The molecule has 1 fully saturated rings. The van der Waals surface area contributed by atoms with Crippen molar-refractivity contribution in [2.75, 3.05) is 6.54 Å². The van der Waals surface area contributed by atoms with Gasteiger partial charge < -0.3 is 5.11 Å². The van der Waals surface area contributed by atoms with Crippen molar-refractivity contribution in [1.82, 2.24) is 9.03 Å². The van der Waals surface area contributed by atoms with Gasteiger partial charge in [0.05, 0.1) is 9.79 Å². The molecule has 8 nitrogen and oxygen atoms in total. The summed E-state index contributed by atoms with van der Waals surface area (Å²) in [5.41, 5.74) is 0. The zero-order valence-electron chi connectivity index (χ0n) is 18.7. The number of carbonyl (C=O) groups is 1. The maximum absolute atomic E-state index is 13.4. The molecule has 0 saturated carbocycles. The number of benzene rings is 2. The van der Waals surface area contributed by atoms with E-state index >= 15 is 0 Å². The van der Waals surface area contributed by atoms with Crippen molar-refractivity contribution in [3.8, 4) is 0 Å². The number of hydrogen-bond acceptors (Lipinski definition) is 5. The Morgan fingerprint density at radius 1 is 0.971 bits per heavy atom. The summed E-state index contributed by atoms with van der Waals surface area (Å²) >= 11 is 11.8. The summed E-state index contributed by atoms with van der Waals surface area (Å²) in [5.74, 6) is -0.860. The molecule has 0 aromatic heterocycles. The number of carboxylic acids is 1. The van der Waals surface area contributed by atoms with Crippen molar-refractivity contribution in [3.63, 3.8) is 0 Å². The Morgan fingerprint density at radius 3 is 2.11 bits per heavy atom. The molecule has 0 radical (unpaired) electrons. The normalized spacial score (nSPS) is 19.4. The van der Waals surface area contributed by atoms with Crippen molar-refractivity contribution in [2.45, 2.75) is 54.0 Å². The number of rotatable bonds is 11. The van der Waals surface area contributed by atoms with E-state index in [1.54, 1.807) is 6.08 Å². The predicted octanol–water partition coefficient (Wildman–Crippen LogP) is 4.30. The summed E-state index contributed by atoms with van der Waals surface area (Å²) in [6, 6.07) is 10.3. The molecule has 2 N–H and O–H groups in total. The molecule has 0 bridgehead atoms. The van der Waals surface area contributed by atoms with Crippen LogP contribution in [0.5, 0.6) is 0 Å². The van der Waals surface area contributed by atoms with Crippen LogP contribution in [0.1, 0.15) is 32.1 Å². The first-order valence-electron chi connectivity index (χ1n) is 10.9. The van der Waals surface area contributed by atoms with E-state index in [4.69, 9.17) is 28.3 Å². The van der Waals surface area contributed by atoms with E-state index in [1.165, 1.54) is 52.8 Å². The fourth-order valence-electron chi connectivity index (χ4n) is 3.81. The Hall–Kier alpha value is -1.95. The van der Waals surface area contributed by atoms with Gasteiger partial charge in [-0.15, -0.1) is 0 Å². The van der Waals surface area contributed by atoms with Crippen molar-refractivity contribution in [1.29, 1.82) is 0 Å². The third kappa shape index (κ3) is 7.52. The average molecular weight is 562 g/mol. The Labute approximate surface area is 215 Å². The van der Waals surface area contributed by atoms with E-state index in [0.717, 1.165) is 0 Å². The van der Waals surface area contributed by atoms with Gasteiger partial charge in [-0.3, -0.25) is 4.79 Å². The summed E-state index contributed by atoms with van der Waals surface area (Å²) in [4.78, 5) is 10.7. The fourth-order valence-corrected chi connectivity index (χ4v) is 6.94. The minimum absolute atomic E-state index is 0.0337. The fraction of sp³-hybridized carbons (Fsp3) is 0.348. The molecule has 1 aliphatic heterocycles. The first-order chi connectivity index (χ1) is 16.5. The van der Waals surface area contributed by atoms with Gasteiger partial charge in [0, 0.05) is 35.1 Å². The van der Waals surface area contributed by atoms with Crippen LogP contribution in [-0.2, 0) is 24.8 Å². The van der Waals surface area contributed by atoms with Crippen LogP contribution in [0.15, 0.2) is 70.5 Å². The first kappa shape index (κ1) is 27.6. The lowest BCUT2D eigenvalue weighted by molar-refractivity contribution is -0.137. The molecule has 35 heavy (non-hydrogen) atoms. The number of nitrogens with one attached hydrogen (secondary N) is 1. The number of aliphatic carboxylic acids is 1. The molecule has 0 aliphatic carbocycles. The predicted molar refractivity (Wildman–Crippen MR) is 135 cm³/mol. The molecule has 2 aromatic rings. The van der Waals surface area contributed by atoms with Crippen molar-refractivity contribution < 1.29 is 26.7 Å². The lowest BCUT2D eigenvalue weighted by Gasteiger charge is -2.22. The molecule has 190 valence electrons. The van der Waals surface area contributed by atoms with Crippen molar-refractivity contribution in [2.24, 2.45) is 0 Å². The lowest BCUT2D eigenvalue weighted by Crippen LogP contribution is -2.39. The highest BCUT2D eigenvalue weighted by Gasteiger charge is 2.40. The highest BCUT2D eigenvalue weighted by molar-refractivity contribution is 7.89. The van der Waals surface area contributed by atoms with Crippen molar-refractivity contribution in [3.05, 3.63) is 70.7 Å². The molecule has 2 atom stereocenters. The summed E-state index contributed by atoms with van der Waals surface area (Å²) in [6.07, 6.45) is 5.61. The summed E-state index contributed by atoms with van der Waals surface area (Å²) in [7, 11) is -7.82. The molecule has 2 aromatic carbocycles. The molecule has 0 spiro atoms. The summed E-state index contributed by atoms with van der Waals surface area (Å²) < 4.78 is 56.3. The number of nitrogens with zero attached hydrogens (tertiary/aromatic N) is 1. The van der Waals surface area contributed by atoms with E-state index in [-0.39, 0.29) is 29.2 Å². The van der Waals surface area contributed by atoms with E-state index in [0.29, 0.717) is 29.3 Å². The van der Waals surface area contributed by atoms with Crippen LogP contribution < -0.4 is 4.72 Å². The monoisotopic (exact) mass is 560 g/mol. The van der Waals surface area contributed by atoms with Crippen LogP contribution in [0.2, 0.25) is 10.0 Å². The summed E-state index contributed by atoms with van der Waals surface area (Å²) in [6.45, 7) is -0.0498. The third-order valence-corrected chi connectivity index (χ3v) is 9.48. The smallest absolute Gasteiger partial charge is 0.303 e. The third-order valence-electron chi connectivity index (χ3n) is 5.53. The van der Waals surface area contributed by atoms with Gasteiger partial charge in [-0.1, -0.05) is 35.4 Å². The standard InChI is InChI=1S/C23H26Cl2N2O6S2/c24-17-7-11-21(12-8-17)34(30,31)26-19-15-20(5-3-1-2-4-6-23(28)29)27(16-19)35(32,33)22-13-9-18(25)10-14-22/h3,5,7-14,19-20,26H,1-2,4,6,15-16H2,(H,28,29)/b5-3-/t19-,20-/m1/s1. The van der Waals surface area contributed by atoms with Crippen molar-refractivity contribution >= 4 is 49.2 Å². The van der Waals surface area contributed by atoms with E-state index in [2.05, 4.69) is 4.72 Å². The number of sulfonamides is 2. The first-order valence-corrected chi connectivity index (χ1v) is 14.6. The Kier molecular flexibility index (Phi) is 9.36. The van der Waals surface area contributed by atoms with E-state index < -0.39 is 38.1 Å². The van der Waals surface area contributed by atoms with Gasteiger partial charge in [-0.2, -0.15) is 4.31 Å². The number of allylic oxidation sites excluding steroid dienone is 1. The van der Waals surface area contributed by atoms with Crippen LogP contribution >= 0.6 is 23.2 Å². The molecular weight excluding hydrogens is 535 g/mol. The van der Waals surface area contributed by atoms with Crippen LogP contribution in [0, 0.1) is 0 Å². The second-order valence-corrected chi connectivity index (χ2v) is 12.6. The van der Waals surface area contributed by atoms with E-state index in [1.807, 2.05) is 6.08 Å². The van der Waals surface area contributed by atoms with Crippen LogP contribution in [0.3, 0.4) is 0 Å². The maximum Gasteiger partial charge on any atom is 0.303 e. The SMILES string of the molecule is O=C(O)CCCC/C=C\[C@@H]1C[C@@H](NS(=O)(=O)c2ccc(Cl)cc2)CN1S(=O)(=O)c1ccc(Cl)cc1. The Balaban J connectivity index is 1.79. The number of hydrogen-bond donors (Lipinski definition) is 2. The molecule has 12 heteroatoms. The minimum atomic E-state index is -3.93. The maximum atomic E-state index is 13.4. The molecule has 1 aliphatic rings. The topological polar surface area (TPSA) is 121 Å². The number of unbranched alkanes of at least 4 members (excludes halogenated alkanes) is 2. The zero-order valence-corrected chi connectivity index (χ0v) is 21.8. The van der Waals surface area contributed by atoms with E-state index in [9.17, 15) is 21.6 Å². The highest BCUT2D eigenvalue weighted by Crippen LogP contribution is 2.29. The molecule has 1 heterocycles. The molecule has 3 rings (SSSR count). The Morgan fingerprint density at radius 2 is 1.54 bits per heavy atom. The van der Waals surface area contributed by atoms with Gasteiger partial charge in [0.25, 0.3) is 0 Å². The van der Waals surface area contributed by atoms with Crippen LogP contribution in [-0.4, -0.2) is 50.8 Å². The van der Waals surface area contributed by atoms with Gasteiger partial charge >= 0.3 is 5.97 Å². The average Bonchev–Trinajstić information content (AvgIpc) is 3.19. The van der Waals surface area contributed by atoms with Crippen LogP contribution in [0.4, 0.5) is 0 Å². The van der Waals surface area contributed by atoms with Crippen LogP contribution in [0.25, 0.3) is 0 Å². The quantitative estimate of drug-likeness (QED) is 0.312. The Bertz CT molecular complexity index is 1260. The number of carboxylic acid groups (broad SMARTS) is 1. The second kappa shape index (κ2) is 11.9. The summed E-state index contributed by atoms with van der Waals surface area (Å²) in [5, 5.41) is 9.55. The second-order valence-electron chi connectivity index (χ2n) is 8.17. The highest BCUT2D eigenvalue weighted by atomic mass is 35.5. The molecule has 1 saturated heterocycles. The van der Waals surface area contributed by atoms with Gasteiger partial charge in [-0.05, 0) is 74.2 Å². The van der Waals surface area contributed by atoms with Gasteiger partial charge in [0.15, 0.2) is 0 Å². The zero-order chi connectivity index (χ0) is 25.6. The largest absolute Gasteiger partial charge is 0.481 e. The van der Waals surface area contributed by atoms with Gasteiger partial charge in [-0.25, -0.2) is 21.6 Å². The minimum Gasteiger partial charge on any atom is -0.481 e. The molecular formula is C23H26Cl2N2O6S2.